The zero-order valence-electron chi connectivity index (χ0n) is 20.8. The Bertz CT molecular complexity index is 574. The van der Waals surface area contributed by atoms with Gasteiger partial charge in [-0.25, -0.2) is 0 Å². The highest BCUT2D eigenvalue weighted by atomic mass is 16.5. The van der Waals surface area contributed by atoms with Crippen molar-refractivity contribution in [2.45, 2.75) is 52.0 Å². The van der Waals surface area contributed by atoms with Gasteiger partial charge in [-0.2, -0.15) is 5.10 Å². The highest BCUT2D eigenvalue weighted by Crippen LogP contribution is 2.44. The van der Waals surface area contributed by atoms with Crippen molar-refractivity contribution in [3.05, 3.63) is 17.5 Å². The van der Waals surface area contributed by atoms with Gasteiger partial charge in [-0.1, -0.05) is 0 Å². The van der Waals surface area contributed by atoms with Crippen LogP contribution in [0.4, 0.5) is 0 Å². The molecule has 0 aromatic carbocycles. The molecule has 8 heteroatoms. The highest BCUT2D eigenvalue weighted by molar-refractivity contribution is 5.21. The molecule has 1 saturated carbocycles. The molecule has 1 aliphatic carbocycles. The Morgan fingerprint density at radius 2 is 1.62 bits per heavy atom. The first-order valence-corrected chi connectivity index (χ1v) is 12.3. The molecule has 0 saturated heterocycles. The third kappa shape index (κ3) is 9.45. The van der Waals surface area contributed by atoms with Crippen LogP contribution in [0.25, 0.3) is 0 Å². The van der Waals surface area contributed by atoms with Crippen LogP contribution in [0.1, 0.15) is 56.7 Å². The van der Waals surface area contributed by atoms with E-state index in [1.165, 1.54) is 11.3 Å². The molecule has 186 valence electrons. The smallest absolute Gasteiger partial charge is 0.0700 e. The number of nitrogens with zero attached hydrogens (tertiary/aromatic N) is 2. The summed E-state index contributed by atoms with van der Waals surface area (Å²) >= 11 is 0. The Labute approximate surface area is 194 Å². The number of H-pyrrole nitrogens is 1. The fourth-order valence-corrected chi connectivity index (χ4v) is 4.42. The summed E-state index contributed by atoms with van der Waals surface area (Å²) in [5, 5.41) is 10.9. The van der Waals surface area contributed by atoms with Gasteiger partial charge in [-0.3, -0.25) is 5.10 Å². The van der Waals surface area contributed by atoms with Crippen LogP contribution in [0.2, 0.25) is 0 Å². The van der Waals surface area contributed by atoms with Crippen molar-refractivity contribution < 1.29 is 18.9 Å². The van der Waals surface area contributed by atoms with Gasteiger partial charge in [-0.15, -0.1) is 0 Å². The molecule has 0 amide bonds. The molecule has 0 atom stereocenters. The second-order valence-corrected chi connectivity index (χ2v) is 8.92. The topological polar surface area (TPSA) is 80.9 Å². The molecule has 1 heterocycles. The first kappa shape index (κ1) is 27.2. The van der Waals surface area contributed by atoms with Crippen LogP contribution in [-0.2, 0) is 25.5 Å². The van der Waals surface area contributed by atoms with E-state index in [4.69, 9.17) is 18.9 Å². The maximum absolute atomic E-state index is 6.03. The van der Waals surface area contributed by atoms with Gasteiger partial charge in [0.1, 0.15) is 0 Å². The van der Waals surface area contributed by atoms with Crippen LogP contribution in [-0.4, -0.2) is 95.1 Å². The van der Waals surface area contributed by atoms with Crippen LogP contribution >= 0.6 is 0 Å². The zero-order chi connectivity index (χ0) is 23.1. The minimum Gasteiger partial charge on any atom is -0.379 e. The lowest BCUT2D eigenvalue weighted by Gasteiger charge is -2.40. The van der Waals surface area contributed by atoms with E-state index >= 15 is 0 Å². The summed E-state index contributed by atoms with van der Waals surface area (Å²) in [4.78, 5) is 2.34. The molecule has 2 N–H and O–H groups in total. The average molecular weight is 455 g/mol. The molecule has 1 aromatic heterocycles. The van der Waals surface area contributed by atoms with E-state index in [0.29, 0.717) is 32.3 Å². The van der Waals surface area contributed by atoms with Crippen molar-refractivity contribution in [3.63, 3.8) is 0 Å². The van der Waals surface area contributed by atoms with Crippen LogP contribution in [0.15, 0.2) is 6.20 Å². The lowest BCUT2D eigenvalue weighted by Crippen LogP contribution is -2.37. The van der Waals surface area contributed by atoms with Gasteiger partial charge >= 0.3 is 0 Å². The molecule has 0 bridgehead atoms. The monoisotopic (exact) mass is 454 g/mol. The first-order valence-electron chi connectivity index (χ1n) is 12.3. The third-order valence-corrected chi connectivity index (χ3v) is 6.36. The van der Waals surface area contributed by atoms with Gasteiger partial charge in [0.25, 0.3) is 0 Å². The van der Waals surface area contributed by atoms with Gasteiger partial charge in [0, 0.05) is 55.4 Å². The lowest BCUT2D eigenvalue weighted by atomic mass is 9.70. The number of aromatic nitrogens is 2. The van der Waals surface area contributed by atoms with Gasteiger partial charge < -0.3 is 29.2 Å². The normalized spacial score (nSPS) is 16.8. The molecule has 0 radical (unpaired) electrons. The molecule has 1 fully saturated rings. The largest absolute Gasteiger partial charge is 0.379 e. The zero-order valence-corrected chi connectivity index (χ0v) is 20.8. The number of rotatable bonds is 18. The van der Waals surface area contributed by atoms with Crippen LogP contribution < -0.4 is 5.32 Å². The Morgan fingerprint density at radius 1 is 1.03 bits per heavy atom. The number of nitrogens with one attached hydrogen (secondary N) is 2. The minimum absolute atomic E-state index is 0.0682. The fraction of sp³-hybridized carbons (Fsp3) is 0.875. The molecule has 32 heavy (non-hydrogen) atoms. The third-order valence-electron chi connectivity index (χ3n) is 6.36. The molecular weight excluding hydrogens is 408 g/mol. The Hall–Kier alpha value is -1.03. The minimum atomic E-state index is 0.0682. The van der Waals surface area contributed by atoms with Crippen molar-refractivity contribution in [2.75, 3.05) is 80.0 Å². The van der Waals surface area contributed by atoms with Crippen molar-refractivity contribution in [2.24, 2.45) is 5.41 Å². The predicted octanol–water partition coefficient (Wildman–Crippen LogP) is 2.81. The standard InChI is InChI=1S/C24H46N4O4/c1-5-29-13-15-31-19-24(20-32-16-14-30-6-2)9-7-21(8-10-24)23-22(17-26-27-23)18-28(4)12-11-25-3/h17,21,25H,5-16,18-20H2,1-4H3,(H,26,27). The first-order chi connectivity index (χ1) is 15.6. The van der Waals surface area contributed by atoms with E-state index in [9.17, 15) is 0 Å². The van der Waals surface area contributed by atoms with Crippen molar-refractivity contribution in [1.29, 1.82) is 0 Å². The number of hydrogen-bond acceptors (Lipinski definition) is 7. The quantitative estimate of drug-likeness (QED) is 0.330. The summed E-state index contributed by atoms with van der Waals surface area (Å²) in [5.74, 6) is 0.519. The predicted molar refractivity (Wildman–Crippen MR) is 127 cm³/mol. The number of aromatic amines is 1. The van der Waals surface area contributed by atoms with Gasteiger partial charge in [0.2, 0.25) is 0 Å². The second-order valence-electron chi connectivity index (χ2n) is 8.92. The van der Waals surface area contributed by atoms with E-state index in [0.717, 1.165) is 71.7 Å². The average Bonchev–Trinajstić information content (AvgIpc) is 3.26. The van der Waals surface area contributed by atoms with Gasteiger partial charge in [-0.05, 0) is 53.6 Å². The van der Waals surface area contributed by atoms with Crippen LogP contribution in [0.5, 0.6) is 0 Å². The molecule has 2 rings (SSSR count). The van der Waals surface area contributed by atoms with Crippen molar-refractivity contribution in [3.8, 4) is 0 Å². The second kappa shape index (κ2) is 15.7. The van der Waals surface area contributed by atoms with E-state index in [-0.39, 0.29) is 5.41 Å². The van der Waals surface area contributed by atoms with Crippen LogP contribution in [0, 0.1) is 5.41 Å². The number of hydrogen-bond donors (Lipinski definition) is 2. The summed E-state index contributed by atoms with van der Waals surface area (Å²) in [6.07, 6.45) is 6.43. The maximum atomic E-state index is 6.03. The van der Waals surface area contributed by atoms with E-state index in [1.54, 1.807) is 0 Å². The fourth-order valence-electron chi connectivity index (χ4n) is 4.42. The maximum Gasteiger partial charge on any atom is 0.0700 e. The summed E-state index contributed by atoms with van der Waals surface area (Å²) in [7, 11) is 4.16. The molecular formula is C24H46N4O4. The SMILES string of the molecule is CCOCCOCC1(COCCOCC)CCC(c2[nH]ncc2CN(C)CCNC)CC1. The van der Waals surface area contributed by atoms with Gasteiger partial charge in [0.15, 0.2) is 0 Å². The summed E-state index contributed by atoms with van der Waals surface area (Å²) in [6, 6.07) is 0. The van der Waals surface area contributed by atoms with E-state index in [2.05, 4.69) is 27.5 Å². The number of likely N-dealkylation sites (N-methyl/N-ethyl adjacent to an activating group) is 2. The Balaban J connectivity index is 1.90. The molecule has 8 nitrogen and oxygen atoms in total. The van der Waals surface area contributed by atoms with Crippen molar-refractivity contribution in [1.82, 2.24) is 20.4 Å². The van der Waals surface area contributed by atoms with Gasteiger partial charge in [0.05, 0.1) is 45.8 Å². The lowest BCUT2D eigenvalue weighted by molar-refractivity contribution is -0.0628. The molecule has 1 aliphatic rings. The van der Waals surface area contributed by atoms with E-state index in [1.807, 2.05) is 27.1 Å². The van der Waals surface area contributed by atoms with Crippen LogP contribution in [0.3, 0.4) is 0 Å². The summed E-state index contributed by atoms with van der Waals surface area (Å²) in [5.41, 5.74) is 2.70. The van der Waals surface area contributed by atoms with Crippen molar-refractivity contribution >= 4 is 0 Å². The molecule has 0 aliphatic heterocycles. The molecule has 1 aromatic rings. The number of ether oxygens (including phenoxy) is 4. The Morgan fingerprint density at radius 3 is 2.19 bits per heavy atom. The highest BCUT2D eigenvalue weighted by Gasteiger charge is 2.37. The Kier molecular flexibility index (Phi) is 13.4. The van der Waals surface area contributed by atoms with E-state index < -0.39 is 0 Å². The molecule has 0 spiro atoms. The summed E-state index contributed by atoms with van der Waals surface area (Å²) < 4.78 is 22.9. The molecule has 0 unspecified atom stereocenters. The summed E-state index contributed by atoms with van der Waals surface area (Å²) in [6.45, 7) is 12.5.